The number of hydrogen-bond donors (Lipinski definition) is 2. The predicted molar refractivity (Wildman–Crippen MR) is 68.0 cm³/mol. The highest BCUT2D eigenvalue weighted by Gasteiger charge is 2.32. The van der Waals surface area contributed by atoms with E-state index in [2.05, 4.69) is 5.32 Å². The zero-order valence-corrected chi connectivity index (χ0v) is 11.1. The van der Waals surface area contributed by atoms with Crippen molar-refractivity contribution in [1.82, 2.24) is 0 Å². The van der Waals surface area contributed by atoms with Crippen molar-refractivity contribution in [2.45, 2.75) is 25.6 Å². The van der Waals surface area contributed by atoms with Crippen LogP contribution >= 0.6 is 0 Å². The number of rotatable bonds is 6. The summed E-state index contributed by atoms with van der Waals surface area (Å²) in [6.07, 6.45) is -3.92. The molecular weight excluding hydrogens is 275 g/mol. The van der Waals surface area contributed by atoms with Gasteiger partial charge < -0.3 is 15.2 Å². The van der Waals surface area contributed by atoms with Crippen molar-refractivity contribution in [2.75, 3.05) is 19.0 Å². The number of alkyl halides is 3. The molecule has 0 aliphatic heterocycles. The largest absolute Gasteiger partial charge is 0.478 e. The molecule has 0 saturated heterocycles. The fourth-order valence-electron chi connectivity index (χ4n) is 1.71. The number of halogens is 3. The number of methoxy groups -OCH3 is 1. The number of anilines is 1. The van der Waals surface area contributed by atoms with Gasteiger partial charge in [-0.1, -0.05) is 6.92 Å². The van der Waals surface area contributed by atoms with Crippen molar-refractivity contribution >= 4 is 11.7 Å². The van der Waals surface area contributed by atoms with Gasteiger partial charge in [-0.2, -0.15) is 13.2 Å². The van der Waals surface area contributed by atoms with Gasteiger partial charge in [-0.05, 0) is 24.6 Å². The Bertz CT molecular complexity index is 474. The number of hydrogen-bond acceptors (Lipinski definition) is 3. The van der Waals surface area contributed by atoms with Crippen molar-refractivity contribution in [3.05, 3.63) is 29.3 Å². The molecule has 112 valence electrons. The Morgan fingerprint density at radius 3 is 2.55 bits per heavy atom. The van der Waals surface area contributed by atoms with Crippen molar-refractivity contribution in [1.29, 1.82) is 0 Å². The van der Waals surface area contributed by atoms with E-state index in [-0.39, 0.29) is 11.7 Å². The minimum Gasteiger partial charge on any atom is -0.478 e. The zero-order chi connectivity index (χ0) is 15.3. The first kappa shape index (κ1) is 16.3. The van der Waals surface area contributed by atoms with Gasteiger partial charge in [0.05, 0.1) is 17.7 Å². The van der Waals surface area contributed by atoms with Crippen LogP contribution in [0.1, 0.15) is 29.3 Å². The van der Waals surface area contributed by atoms with E-state index in [1.54, 1.807) is 0 Å². The van der Waals surface area contributed by atoms with E-state index in [0.717, 1.165) is 12.1 Å². The Morgan fingerprint density at radius 2 is 2.10 bits per heavy atom. The second kappa shape index (κ2) is 6.60. The summed E-state index contributed by atoms with van der Waals surface area (Å²) in [6, 6.07) is 2.44. The molecule has 0 spiro atoms. The number of aromatic carboxylic acids is 1. The summed E-state index contributed by atoms with van der Waals surface area (Å²) in [5.41, 5.74) is -1.25. The molecule has 1 rings (SSSR count). The number of ether oxygens (including phenoxy) is 1. The third kappa shape index (κ3) is 4.12. The second-order valence-corrected chi connectivity index (χ2v) is 4.27. The van der Waals surface area contributed by atoms with Crippen molar-refractivity contribution in [3.8, 4) is 0 Å². The highest BCUT2D eigenvalue weighted by atomic mass is 19.4. The van der Waals surface area contributed by atoms with Crippen LogP contribution in [0.4, 0.5) is 18.9 Å². The van der Waals surface area contributed by atoms with Gasteiger partial charge in [-0.3, -0.25) is 0 Å². The van der Waals surface area contributed by atoms with Crippen molar-refractivity contribution in [3.63, 3.8) is 0 Å². The van der Waals surface area contributed by atoms with Crippen LogP contribution in [0.5, 0.6) is 0 Å². The first-order valence-electron chi connectivity index (χ1n) is 5.99. The lowest BCUT2D eigenvalue weighted by Gasteiger charge is -2.19. The van der Waals surface area contributed by atoms with E-state index >= 15 is 0 Å². The molecule has 0 fully saturated rings. The number of carbonyl (C=O) groups is 1. The lowest BCUT2D eigenvalue weighted by Crippen LogP contribution is -2.25. The SMILES string of the molecule is CCC(COC)Nc1ccc(C(F)(F)F)cc1C(=O)O. The molecular formula is C13H16F3NO3. The lowest BCUT2D eigenvalue weighted by molar-refractivity contribution is -0.137. The molecule has 0 aromatic heterocycles. The van der Waals surface area contributed by atoms with Gasteiger partial charge in [0, 0.05) is 18.8 Å². The summed E-state index contributed by atoms with van der Waals surface area (Å²) in [6.45, 7) is 2.19. The summed E-state index contributed by atoms with van der Waals surface area (Å²) in [7, 11) is 1.50. The number of nitrogens with one attached hydrogen (secondary N) is 1. The number of benzene rings is 1. The molecule has 20 heavy (non-hydrogen) atoms. The molecule has 1 aromatic rings. The zero-order valence-electron chi connectivity index (χ0n) is 11.1. The van der Waals surface area contributed by atoms with E-state index in [4.69, 9.17) is 9.84 Å². The number of carboxylic acids is 1. The molecule has 4 nitrogen and oxygen atoms in total. The summed E-state index contributed by atoms with van der Waals surface area (Å²) in [5.74, 6) is -1.41. The molecule has 1 atom stereocenters. The van der Waals surface area contributed by atoms with Crippen LogP contribution in [0.15, 0.2) is 18.2 Å². The lowest BCUT2D eigenvalue weighted by atomic mass is 10.1. The van der Waals surface area contributed by atoms with Crippen LogP contribution in [0, 0.1) is 0 Å². The highest BCUT2D eigenvalue weighted by molar-refractivity contribution is 5.94. The normalized spacial score (nSPS) is 13.1. The quantitative estimate of drug-likeness (QED) is 0.844. The second-order valence-electron chi connectivity index (χ2n) is 4.27. The molecule has 1 aromatic carbocycles. The molecule has 2 N–H and O–H groups in total. The maximum absolute atomic E-state index is 12.6. The van der Waals surface area contributed by atoms with E-state index in [9.17, 15) is 18.0 Å². The van der Waals surface area contributed by atoms with Crippen molar-refractivity contribution in [2.24, 2.45) is 0 Å². The Morgan fingerprint density at radius 1 is 1.45 bits per heavy atom. The average molecular weight is 291 g/mol. The van der Waals surface area contributed by atoms with Crippen LogP contribution < -0.4 is 5.32 Å². The van der Waals surface area contributed by atoms with Crippen LogP contribution in [-0.4, -0.2) is 30.8 Å². The van der Waals surface area contributed by atoms with Crippen LogP contribution in [0.25, 0.3) is 0 Å². The summed E-state index contributed by atoms with van der Waals surface area (Å²) in [5, 5.41) is 11.9. The van der Waals surface area contributed by atoms with Crippen LogP contribution in [0.2, 0.25) is 0 Å². The standard InChI is InChI=1S/C13H16F3NO3/c1-3-9(7-20-2)17-11-5-4-8(13(14,15)16)6-10(11)12(18)19/h4-6,9,17H,3,7H2,1-2H3,(H,18,19). The van der Waals surface area contributed by atoms with Gasteiger partial charge in [-0.15, -0.1) is 0 Å². The third-order valence-corrected chi connectivity index (χ3v) is 2.80. The maximum Gasteiger partial charge on any atom is 0.416 e. The molecule has 7 heteroatoms. The molecule has 0 aliphatic rings. The van der Waals surface area contributed by atoms with Crippen LogP contribution in [-0.2, 0) is 10.9 Å². The van der Waals surface area contributed by atoms with Gasteiger partial charge in [0.1, 0.15) is 0 Å². The molecule has 0 heterocycles. The molecule has 0 radical (unpaired) electrons. The van der Waals surface area contributed by atoms with Gasteiger partial charge in [0.15, 0.2) is 0 Å². The summed E-state index contributed by atoms with van der Waals surface area (Å²) < 4.78 is 42.7. The topological polar surface area (TPSA) is 58.6 Å². The average Bonchev–Trinajstić information content (AvgIpc) is 2.36. The highest BCUT2D eigenvalue weighted by Crippen LogP contribution is 2.32. The van der Waals surface area contributed by atoms with Crippen molar-refractivity contribution < 1.29 is 27.8 Å². The predicted octanol–water partition coefficient (Wildman–Crippen LogP) is 3.24. The summed E-state index contributed by atoms with van der Waals surface area (Å²) in [4.78, 5) is 11.1. The van der Waals surface area contributed by atoms with E-state index in [1.807, 2.05) is 6.92 Å². The van der Waals surface area contributed by atoms with Gasteiger partial charge in [0.25, 0.3) is 0 Å². The minimum atomic E-state index is -4.57. The smallest absolute Gasteiger partial charge is 0.416 e. The van der Waals surface area contributed by atoms with Gasteiger partial charge in [-0.25, -0.2) is 4.79 Å². The van der Waals surface area contributed by atoms with E-state index in [0.29, 0.717) is 19.1 Å². The first-order chi connectivity index (χ1) is 9.29. The first-order valence-corrected chi connectivity index (χ1v) is 5.99. The minimum absolute atomic E-state index is 0.148. The number of carboxylic acid groups (broad SMARTS) is 1. The van der Waals surface area contributed by atoms with Gasteiger partial charge in [0.2, 0.25) is 0 Å². The van der Waals surface area contributed by atoms with E-state index in [1.165, 1.54) is 7.11 Å². The van der Waals surface area contributed by atoms with Crippen LogP contribution in [0.3, 0.4) is 0 Å². The molecule has 1 unspecified atom stereocenters. The molecule has 0 amide bonds. The molecule has 0 aliphatic carbocycles. The summed E-state index contributed by atoms with van der Waals surface area (Å²) >= 11 is 0. The Balaban J connectivity index is 3.10. The Labute approximate surface area is 114 Å². The fraction of sp³-hybridized carbons (Fsp3) is 0.462. The van der Waals surface area contributed by atoms with E-state index < -0.39 is 23.3 Å². The Hall–Kier alpha value is -1.76. The molecule has 0 saturated carbocycles. The third-order valence-electron chi connectivity index (χ3n) is 2.80. The Kier molecular flexibility index (Phi) is 5.38. The maximum atomic E-state index is 12.6. The van der Waals surface area contributed by atoms with Gasteiger partial charge >= 0.3 is 12.1 Å². The fourth-order valence-corrected chi connectivity index (χ4v) is 1.71. The molecule has 0 bridgehead atoms. The monoisotopic (exact) mass is 291 g/mol.